The summed E-state index contributed by atoms with van der Waals surface area (Å²) in [4.78, 5) is 28.5. The number of hydrogen-bond donors (Lipinski definition) is 1. The van der Waals surface area contributed by atoms with Crippen molar-refractivity contribution in [3.63, 3.8) is 0 Å². The van der Waals surface area contributed by atoms with Crippen LogP contribution in [0.3, 0.4) is 0 Å². The Bertz CT molecular complexity index is 1140. The van der Waals surface area contributed by atoms with Crippen molar-refractivity contribution < 1.29 is 14.3 Å². The molecule has 1 saturated heterocycles. The zero-order valence-corrected chi connectivity index (χ0v) is 18.4. The molecule has 5 rings (SSSR count). The van der Waals surface area contributed by atoms with Crippen molar-refractivity contribution in [2.24, 2.45) is 0 Å². The largest absolute Gasteiger partial charge is 0.379 e. The summed E-state index contributed by atoms with van der Waals surface area (Å²) >= 11 is 0. The fourth-order valence-corrected chi connectivity index (χ4v) is 4.53. The Hall–Kier alpha value is -3.54. The smallest absolute Gasteiger partial charge is 0.233 e. The van der Waals surface area contributed by atoms with Crippen LogP contribution in [0.4, 0.5) is 0 Å². The second-order valence-corrected chi connectivity index (χ2v) is 8.34. The molecule has 0 saturated carbocycles. The van der Waals surface area contributed by atoms with Crippen molar-refractivity contribution >= 4 is 17.3 Å². The van der Waals surface area contributed by atoms with Crippen LogP contribution in [-0.2, 0) is 9.53 Å². The summed E-state index contributed by atoms with van der Waals surface area (Å²) in [6, 6.07) is 27.6. The fraction of sp³-hybridized carbons (Fsp3) is 0.214. The molecule has 0 spiro atoms. The van der Waals surface area contributed by atoms with Gasteiger partial charge in [0.05, 0.1) is 25.0 Å². The van der Waals surface area contributed by atoms with Crippen LogP contribution in [0.15, 0.2) is 90.5 Å². The summed E-state index contributed by atoms with van der Waals surface area (Å²) in [5, 5.41) is 3.68. The highest BCUT2D eigenvalue weighted by atomic mass is 16.5. The van der Waals surface area contributed by atoms with Crippen LogP contribution in [0.2, 0.25) is 0 Å². The summed E-state index contributed by atoms with van der Waals surface area (Å²) in [5.74, 6) is -0.863. The van der Waals surface area contributed by atoms with E-state index in [-0.39, 0.29) is 6.04 Å². The van der Waals surface area contributed by atoms with Crippen molar-refractivity contribution in [2.45, 2.75) is 6.04 Å². The van der Waals surface area contributed by atoms with E-state index in [4.69, 9.17) is 4.74 Å². The number of rotatable bonds is 6. The second kappa shape index (κ2) is 9.53. The van der Waals surface area contributed by atoms with Crippen molar-refractivity contribution in [1.82, 2.24) is 10.2 Å². The number of benzene rings is 3. The molecule has 0 aromatic heterocycles. The van der Waals surface area contributed by atoms with E-state index in [0.29, 0.717) is 30.9 Å². The van der Waals surface area contributed by atoms with E-state index in [0.717, 1.165) is 35.5 Å². The Labute approximate surface area is 193 Å². The second-order valence-electron chi connectivity index (χ2n) is 8.34. The zero-order chi connectivity index (χ0) is 22.6. The number of ether oxygens (including phenoxy) is 1. The highest BCUT2D eigenvalue weighted by Crippen LogP contribution is 2.33. The standard InChI is InChI=1S/C28H26N2O3/c31-27-23-14-8-7-13-22(23)26(24(28(27)32)19-30-15-17-33-18-16-30)29-25(20-9-3-1-4-10-20)21-11-5-2-6-12-21/h1-14,25,29H,15-19H2. The average Bonchev–Trinajstić information content (AvgIpc) is 2.88. The van der Waals surface area contributed by atoms with Gasteiger partial charge in [0.2, 0.25) is 11.6 Å². The molecular formula is C28H26N2O3. The molecule has 1 aliphatic carbocycles. The van der Waals surface area contributed by atoms with E-state index >= 15 is 0 Å². The fourth-order valence-electron chi connectivity index (χ4n) is 4.53. The number of Topliss-reactive ketones (excluding diaryl/α,β-unsaturated/α-hetero) is 2. The molecule has 3 aromatic carbocycles. The molecule has 166 valence electrons. The average molecular weight is 439 g/mol. The Morgan fingerprint density at radius 3 is 1.88 bits per heavy atom. The predicted octanol–water partition coefficient (Wildman–Crippen LogP) is 3.87. The molecular weight excluding hydrogens is 412 g/mol. The van der Waals surface area contributed by atoms with Crippen molar-refractivity contribution in [3.8, 4) is 0 Å². The minimum Gasteiger partial charge on any atom is -0.379 e. The van der Waals surface area contributed by atoms with Crippen molar-refractivity contribution in [3.05, 3.63) is 113 Å². The summed E-state index contributed by atoms with van der Waals surface area (Å²) in [6.45, 7) is 3.15. The summed E-state index contributed by atoms with van der Waals surface area (Å²) in [6.07, 6.45) is 0. The molecule has 1 heterocycles. The number of morpholine rings is 1. The van der Waals surface area contributed by atoms with E-state index in [2.05, 4.69) is 34.5 Å². The maximum Gasteiger partial charge on any atom is 0.233 e. The highest BCUT2D eigenvalue weighted by Gasteiger charge is 2.34. The summed E-state index contributed by atoms with van der Waals surface area (Å²) < 4.78 is 5.47. The van der Waals surface area contributed by atoms with Gasteiger partial charge in [0.1, 0.15) is 0 Å². The first-order valence-corrected chi connectivity index (χ1v) is 11.3. The van der Waals surface area contributed by atoms with Gasteiger partial charge in [0, 0.05) is 36.3 Å². The molecule has 5 heteroatoms. The lowest BCUT2D eigenvalue weighted by molar-refractivity contribution is -0.112. The molecule has 5 nitrogen and oxygen atoms in total. The van der Waals surface area contributed by atoms with Gasteiger partial charge >= 0.3 is 0 Å². The maximum atomic E-state index is 13.3. The van der Waals surface area contributed by atoms with Crippen LogP contribution in [0.25, 0.3) is 5.70 Å². The van der Waals surface area contributed by atoms with Crippen LogP contribution in [0.5, 0.6) is 0 Å². The minimum atomic E-state index is -0.435. The third-order valence-corrected chi connectivity index (χ3v) is 6.26. The number of nitrogens with zero attached hydrogens (tertiary/aromatic N) is 1. The van der Waals surface area contributed by atoms with Gasteiger partial charge in [-0.3, -0.25) is 14.5 Å². The van der Waals surface area contributed by atoms with Gasteiger partial charge in [-0.2, -0.15) is 0 Å². The van der Waals surface area contributed by atoms with Crippen LogP contribution in [0, 0.1) is 0 Å². The van der Waals surface area contributed by atoms with Gasteiger partial charge in [-0.15, -0.1) is 0 Å². The number of ketones is 2. The summed E-state index contributed by atoms with van der Waals surface area (Å²) in [5.41, 5.74) is 4.67. The van der Waals surface area contributed by atoms with Crippen LogP contribution in [-0.4, -0.2) is 49.3 Å². The molecule has 2 aliphatic rings. The topological polar surface area (TPSA) is 58.6 Å². The Morgan fingerprint density at radius 1 is 0.727 bits per heavy atom. The lowest BCUT2D eigenvalue weighted by atomic mass is 9.86. The van der Waals surface area contributed by atoms with E-state index in [1.54, 1.807) is 12.1 Å². The lowest BCUT2D eigenvalue weighted by Crippen LogP contribution is -2.41. The monoisotopic (exact) mass is 438 g/mol. The third-order valence-electron chi connectivity index (χ3n) is 6.26. The first kappa shape index (κ1) is 21.3. The van der Waals surface area contributed by atoms with Crippen LogP contribution < -0.4 is 5.32 Å². The minimum absolute atomic E-state index is 0.170. The summed E-state index contributed by atoms with van der Waals surface area (Å²) in [7, 11) is 0. The van der Waals surface area contributed by atoms with Crippen molar-refractivity contribution in [2.75, 3.05) is 32.8 Å². The Balaban J connectivity index is 1.63. The molecule has 0 radical (unpaired) electrons. The van der Waals surface area contributed by atoms with Crippen LogP contribution >= 0.6 is 0 Å². The highest BCUT2D eigenvalue weighted by molar-refractivity contribution is 6.52. The first-order valence-electron chi connectivity index (χ1n) is 11.3. The normalized spacial score (nSPS) is 16.8. The number of carbonyl (C=O) groups is 2. The molecule has 1 N–H and O–H groups in total. The number of carbonyl (C=O) groups excluding carboxylic acids is 2. The molecule has 33 heavy (non-hydrogen) atoms. The Kier molecular flexibility index (Phi) is 6.15. The number of fused-ring (bicyclic) bond motifs is 1. The Morgan fingerprint density at radius 2 is 1.27 bits per heavy atom. The molecule has 3 aromatic rings. The van der Waals surface area contributed by atoms with Gasteiger partial charge in [-0.05, 0) is 11.1 Å². The molecule has 0 amide bonds. The van der Waals surface area contributed by atoms with Gasteiger partial charge in [-0.25, -0.2) is 0 Å². The van der Waals surface area contributed by atoms with Gasteiger partial charge in [-0.1, -0.05) is 84.9 Å². The molecule has 0 atom stereocenters. The molecule has 0 bridgehead atoms. The third kappa shape index (κ3) is 4.38. The van der Waals surface area contributed by atoms with Gasteiger partial charge in [0.25, 0.3) is 0 Å². The first-order chi connectivity index (χ1) is 16.2. The molecule has 1 aliphatic heterocycles. The van der Waals surface area contributed by atoms with E-state index < -0.39 is 11.6 Å². The zero-order valence-electron chi connectivity index (χ0n) is 18.4. The lowest BCUT2D eigenvalue weighted by Gasteiger charge is -2.32. The quantitative estimate of drug-likeness (QED) is 0.592. The van der Waals surface area contributed by atoms with E-state index in [9.17, 15) is 9.59 Å². The molecule has 1 fully saturated rings. The number of hydrogen-bond acceptors (Lipinski definition) is 5. The SMILES string of the molecule is O=C1C(=O)c2ccccc2C(NC(c2ccccc2)c2ccccc2)=C1CN1CCOCC1. The van der Waals surface area contributed by atoms with Crippen molar-refractivity contribution in [1.29, 1.82) is 0 Å². The van der Waals surface area contributed by atoms with Gasteiger partial charge in [0.15, 0.2) is 0 Å². The molecule has 0 unspecified atom stereocenters. The maximum absolute atomic E-state index is 13.3. The number of nitrogens with one attached hydrogen (secondary N) is 1. The van der Waals surface area contributed by atoms with E-state index in [1.807, 2.05) is 48.5 Å². The van der Waals surface area contributed by atoms with Crippen LogP contribution in [0.1, 0.15) is 33.1 Å². The van der Waals surface area contributed by atoms with E-state index in [1.165, 1.54) is 0 Å². The van der Waals surface area contributed by atoms with Gasteiger partial charge < -0.3 is 10.1 Å². The predicted molar refractivity (Wildman–Crippen MR) is 128 cm³/mol.